The minimum absolute atomic E-state index is 0.0253. The SMILES string of the molecule is CCCCS(=O)(=O)N1CCC(C(=O)NCc2ccc(F)c(Cl)c2)CC1. The fraction of sp³-hybridized carbons (Fsp3) is 0.588. The predicted molar refractivity (Wildman–Crippen MR) is 96.2 cm³/mol. The van der Waals surface area contributed by atoms with Crippen LogP contribution in [0.25, 0.3) is 0 Å². The molecule has 0 unspecified atom stereocenters. The molecule has 0 bridgehead atoms. The number of carbonyl (C=O) groups is 1. The Hall–Kier alpha value is -1.18. The van der Waals surface area contributed by atoms with E-state index in [1.807, 2.05) is 6.92 Å². The van der Waals surface area contributed by atoms with Gasteiger partial charge in [0.15, 0.2) is 0 Å². The van der Waals surface area contributed by atoms with Crippen LogP contribution in [0.3, 0.4) is 0 Å². The molecule has 1 fully saturated rings. The summed E-state index contributed by atoms with van der Waals surface area (Å²) in [6.45, 7) is 2.99. The van der Waals surface area contributed by atoms with E-state index in [1.165, 1.54) is 16.4 Å². The van der Waals surface area contributed by atoms with E-state index in [1.54, 1.807) is 6.07 Å². The zero-order chi connectivity index (χ0) is 18.4. The van der Waals surface area contributed by atoms with Gasteiger partial charge in [-0.05, 0) is 37.0 Å². The number of piperidine rings is 1. The van der Waals surface area contributed by atoms with Crippen LogP contribution in [-0.2, 0) is 21.4 Å². The van der Waals surface area contributed by atoms with Gasteiger partial charge in [0, 0.05) is 25.6 Å². The minimum atomic E-state index is -3.21. The number of sulfonamides is 1. The van der Waals surface area contributed by atoms with Crippen LogP contribution in [-0.4, -0.2) is 37.5 Å². The highest BCUT2D eigenvalue weighted by molar-refractivity contribution is 7.89. The summed E-state index contributed by atoms with van der Waals surface area (Å²) in [7, 11) is -3.21. The van der Waals surface area contributed by atoms with Crippen molar-refractivity contribution in [3.8, 4) is 0 Å². The van der Waals surface area contributed by atoms with Crippen LogP contribution in [0.2, 0.25) is 5.02 Å². The van der Waals surface area contributed by atoms with Crippen molar-refractivity contribution >= 4 is 27.5 Å². The number of rotatable bonds is 7. The van der Waals surface area contributed by atoms with Crippen LogP contribution in [0, 0.1) is 11.7 Å². The molecular weight excluding hydrogens is 367 g/mol. The largest absolute Gasteiger partial charge is 0.352 e. The van der Waals surface area contributed by atoms with Crippen molar-refractivity contribution in [2.45, 2.75) is 39.2 Å². The van der Waals surface area contributed by atoms with E-state index < -0.39 is 15.8 Å². The van der Waals surface area contributed by atoms with Crippen LogP contribution in [0.4, 0.5) is 4.39 Å². The Balaban J connectivity index is 1.82. The standard InChI is InChI=1S/C17H24ClFN2O3S/c1-2-3-10-25(23,24)21-8-6-14(7-9-21)17(22)20-12-13-4-5-16(19)15(18)11-13/h4-5,11,14H,2-3,6-10,12H2,1H3,(H,20,22). The quantitative estimate of drug-likeness (QED) is 0.778. The molecule has 5 nitrogen and oxygen atoms in total. The molecule has 0 radical (unpaired) electrons. The van der Waals surface area contributed by atoms with Gasteiger partial charge in [0.2, 0.25) is 15.9 Å². The third-order valence-corrected chi connectivity index (χ3v) is 6.67. The van der Waals surface area contributed by atoms with Crippen LogP contribution in [0.1, 0.15) is 38.2 Å². The molecule has 1 aromatic rings. The molecule has 25 heavy (non-hydrogen) atoms. The lowest BCUT2D eigenvalue weighted by atomic mass is 9.97. The number of unbranched alkanes of at least 4 members (excludes halogenated alkanes) is 1. The maximum atomic E-state index is 13.1. The minimum Gasteiger partial charge on any atom is -0.352 e. The molecule has 1 saturated heterocycles. The first kappa shape index (κ1) is 20.1. The second-order valence-corrected chi connectivity index (χ2v) is 8.80. The van der Waals surface area contributed by atoms with Gasteiger partial charge < -0.3 is 5.32 Å². The highest BCUT2D eigenvalue weighted by Crippen LogP contribution is 2.21. The molecule has 1 heterocycles. The predicted octanol–water partition coefficient (Wildman–Crippen LogP) is 2.94. The first-order valence-corrected chi connectivity index (χ1v) is 10.5. The highest BCUT2D eigenvalue weighted by Gasteiger charge is 2.30. The molecule has 0 aliphatic carbocycles. The molecule has 1 amide bonds. The van der Waals surface area contributed by atoms with Gasteiger partial charge in [0.25, 0.3) is 0 Å². The van der Waals surface area contributed by atoms with Crippen LogP contribution in [0.15, 0.2) is 18.2 Å². The highest BCUT2D eigenvalue weighted by atomic mass is 35.5. The molecule has 2 rings (SSSR count). The summed E-state index contributed by atoms with van der Waals surface area (Å²) in [5.41, 5.74) is 0.722. The molecule has 140 valence electrons. The maximum Gasteiger partial charge on any atom is 0.223 e. The summed E-state index contributed by atoms with van der Waals surface area (Å²) in [4.78, 5) is 12.3. The van der Waals surface area contributed by atoms with Crippen LogP contribution >= 0.6 is 11.6 Å². The Morgan fingerprint density at radius 3 is 2.64 bits per heavy atom. The van der Waals surface area contributed by atoms with Crippen molar-refractivity contribution in [3.63, 3.8) is 0 Å². The molecule has 0 spiro atoms. The van der Waals surface area contributed by atoms with E-state index in [0.29, 0.717) is 32.4 Å². The monoisotopic (exact) mass is 390 g/mol. The van der Waals surface area contributed by atoms with Gasteiger partial charge in [-0.25, -0.2) is 17.1 Å². The van der Waals surface area contributed by atoms with Gasteiger partial charge in [-0.1, -0.05) is 31.0 Å². The summed E-state index contributed by atoms with van der Waals surface area (Å²) in [6, 6.07) is 4.33. The second-order valence-electron chi connectivity index (χ2n) is 6.31. The third kappa shape index (κ3) is 5.66. The third-order valence-electron chi connectivity index (χ3n) is 4.42. The van der Waals surface area contributed by atoms with Gasteiger partial charge >= 0.3 is 0 Å². The zero-order valence-corrected chi connectivity index (χ0v) is 15.9. The molecule has 1 aromatic carbocycles. The normalized spacial score (nSPS) is 16.8. The number of hydrogen-bond donors (Lipinski definition) is 1. The van der Waals surface area contributed by atoms with E-state index >= 15 is 0 Å². The Labute approximate surface area is 153 Å². The lowest BCUT2D eigenvalue weighted by molar-refractivity contribution is -0.126. The Morgan fingerprint density at radius 2 is 2.04 bits per heavy atom. The average molecular weight is 391 g/mol. The van der Waals surface area contributed by atoms with E-state index in [-0.39, 0.29) is 29.1 Å². The number of nitrogens with zero attached hydrogens (tertiary/aromatic N) is 1. The molecule has 8 heteroatoms. The fourth-order valence-corrected chi connectivity index (χ4v) is 4.72. The molecule has 1 N–H and O–H groups in total. The topological polar surface area (TPSA) is 66.5 Å². The number of hydrogen-bond acceptors (Lipinski definition) is 3. The number of benzene rings is 1. The van der Waals surface area contributed by atoms with Gasteiger partial charge in [0.1, 0.15) is 5.82 Å². The van der Waals surface area contributed by atoms with Gasteiger partial charge in [0.05, 0.1) is 10.8 Å². The van der Waals surface area contributed by atoms with E-state index in [4.69, 9.17) is 11.6 Å². The van der Waals surface area contributed by atoms with Crippen molar-refractivity contribution in [2.24, 2.45) is 5.92 Å². The molecular formula is C17H24ClFN2O3S. The maximum absolute atomic E-state index is 13.1. The first-order valence-electron chi connectivity index (χ1n) is 8.53. The number of halogens is 2. The summed E-state index contributed by atoms with van der Waals surface area (Å²) < 4.78 is 39.0. The van der Waals surface area contributed by atoms with E-state index in [2.05, 4.69) is 5.32 Å². The molecule has 1 aliphatic rings. The summed E-state index contributed by atoms with van der Waals surface area (Å²) in [6.07, 6.45) is 2.53. The summed E-state index contributed by atoms with van der Waals surface area (Å²) in [5.74, 6) is -0.626. The van der Waals surface area contributed by atoms with Gasteiger partial charge in [-0.15, -0.1) is 0 Å². The van der Waals surface area contributed by atoms with Gasteiger partial charge in [-0.3, -0.25) is 4.79 Å². The van der Waals surface area contributed by atoms with Crippen molar-refractivity contribution in [1.82, 2.24) is 9.62 Å². The van der Waals surface area contributed by atoms with Gasteiger partial charge in [-0.2, -0.15) is 0 Å². The Kier molecular flexibility index (Phi) is 7.22. The number of carbonyl (C=O) groups excluding carboxylic acids is 1. The van der Waals surface area contributed by atoms with Crippen molar-refractivity contribution in [3.05, 3.63) is 34.6 Å². The average Bonchev–Trinajstić information content (AvgIpc) is 2.61. The zero-order valence-electron chi connectivity index (χ0n) is 14.3. The smallest absolute Gasteiger partial charge is 0.223 e. The van der Waals surface area contributed by atoms with Crippen molar-refractivity contribution < 1.29 is 17.6 Å². The number of nitrogens with one attached hydrogen (secondary N) is 1. The Morgan fingerprint density at radius 1 is 1.36 bits per heavy atom. The molecule has 1 aliphatic heterocycles. The van der Waals surface area contributed by atoms with E-state index in [0.717, 1.165) is 12.0 Å². The first-order chi connectivity index (χ1) is 11.8. The second kappa shape index (κ2) is 8.96. The van der Waals surface area contributed by atoms with Crippen LogP contribution in [0.5, 0.6) is 0 Å². The lowest BCUT2D eigenvalue weighted by Gasteiger charge is -2.30. The van der Waals surface area contributed by atoms with Crippen molar-refractivity contribution in [1.29, 1.82) is 0 Å². The lowest BCUT2D eigenvalue weighted by Crippen LogP contribution is -2.43. The summed E-state index contributed by atoms with van der Waals surface area (Å²) >= 11 is 5.72. The van der Waals surface area contributed by atoms with Crippen LogP contribution < -0.4 is 5.32 Å². The molecule has 0 atom stereocenters. The number of amides is 1. The Bertz CT molecular complexity index is 704. The summed E-state index contributed by atoms with van der Waals surface area (Å²) in [5, 5.41) is 2.84. The fourth-order valence-electron chi connectivity index (χ4n) is 2.84. The molecule has 0 aromatic heterocycles. The van der Waals surface area contributed by atoms with Crippen molar-refractivity contribution in [2.75, 3.05) is 18.8 Å². The van der Waals surface area contributed by atoms with E-state index in [9.17, 15) is 17.6 Å². The molecule has 0 saturated carbocycles.